The van der Waals surface area contributed by atoms with Gasteiger partial charge in [0.05, 0.1) is 6.20 Å². The van der Waals surface area contributed by atoms with Crippen molar-refractivity contribution in [3.05, 3.63) is 80.6 Å². The highest BCUT2D eigenvalue weighted by atomic mass is 35.5. The van der Waals surface area contributed by atoms with Crippen LogP contribution in [0.15, 0.2) is 48.7 Å². The third kappa shape index (κ3) is 3.45. The molecule has 2 aromatic carbocycles. The maximum Gasteiger partial charge on any atom is 0.152 e. The minimum atomic E-state index is 0.199. The Balaban J connectivity index is 1.81. The molecule has 1 atom stereocenters. The molecule has 0 radical (unpaired) electrons. The van der Waals surface area contributed by atoms with Gasteiger partial charge < -0.3 is 4.90 Å². The second-order valence-electron chi connectivity index (χ2n) is 6.60. The molecule has 1 aromatic heterocycles. The van der Waals surface area contributed by atoms with E-state index in [1.54, 1.807) is 6.20 Å². The molecule has 26 heavy (non-hydrogen) atoms. The van der Waals surface area contributed by atoms with Gasteiger partial charge in [0.15, 0.2) is 5.15 Å². The van der Waals surface area contributed by atoms with Gasteiger partial charge in [0.2, 0.25) is 0 Å². The summed E-state index contributed by atoms with van der Waals surface area (Å²) in [5, 5.41) is 9.55. The third-order valence-electron chi connectivity index (χ3n) is 4.74. The Morgan fingerprint density at radius 2 is 1.88 bits per heavy atom. The van der Waals surface area contributed by atoms with Gasteiger partial charge in [-0.05, 0) is 47.5 Å². The van der Waals surface area contributed by atoms with Gasteiger partial charge in [-0.3, -0.25) is 0 Å². The minimum absolute atomic E-state index is 0.199. The predicted molar refractivity (Wildman–Crippen MR) is 107 cm³/mol. The van der Waals surface area contributed by atoms with Crippen LogP contribution < -0.4 is 0 Å². The van der Waals surface area contributed by atoms with Crippen LogP contribution in [-0.2, 0) is 6.54 Å². The molecule has 1 aliphatic rings. The van der Waals surface area contributed by atoms with E-state index < -0.39 is 0 Å². The highest BCUT2D eigenvalue weighted by Crippen LogP contribution is 2.39. The summed E-state index contributed by atoms with van der Waals surface area (Å²) in [7, 11) is 2.11. The first-order valence-electron chi connectivity index (χ1n) is 8.26. The third-order valence-corrected chi connectivity index (χ3v) is 5.48. The summed E-state index contributed by atoms with van der Waals surface area (Å²) in [6, 6.07) is 14.1. The van der Waals surface area contributed by atoms with Crippen molar-refractivity contribution in [2.24, 2.45) is 0 Å². The van der Waals surface area contributed by atoms with Crippen molar-refractivity contribution in [2.45, 2.75) is 12.5 Å². The van der Waals surface area contributed by atoms with Crippen molar-refractivity contribution in [1.82, 2.24) is 15.1 Å². The minimum Gasteiger partial charge on any atom is -0.301 e. The van der Waals surface area contributed by atoms with Crippen LogP contribution >= 0.6 is 34.8 Å². The van der Waals surface area contributed by atoms with Gasteiger partial charge in [-0.1, -0.05) is 59.1 Å². The summed E-state index contributed by atoms with van der Waals surface area (Å²) >= 11 is 18.8. The average Bonchev–Trinajstić information content (AvgIpc) is 2.62. The first kappa shape index (κ1) is 17.7. The van der Waals surface area contributed by atoms with Gasteiger partial charge in [-0.25, -0.2) is 0 Å². The molecule has 0 unspecified atom stereocenters. The normalized spacial score (nSPS) is 17.2. The molecule has 4 rings (SSSR count). The van der Waals surface area contributed by atoms with E-state index in [0.717, 1.165) is 34.8 Å². The summed E-state index contributed by atoms with van der Waals surface area (Å²) in [6.45, 7) is 1.73. The van der Waals surface area contributed by atoms with Crippen molar-refractivity contribution in [3.63, 3.8) is 0 Å². The van der Waals surface area contributed by atoms with Crippen LogP contribution in [0.1, 0.15) is 22.6 Å². The smallest absolute Gasteiger partial charge is 0.152 e. The van der Waals surface area contributed by atoms with Crippen LogP contribution in [0, 0.1) is 0 Å². The van der Waals surface area contributed by atoms with Crippen molar-refractivity contribution >= 4 is 34.8 Å². The maximum absolute atomic E-state index is 6.47. The van der Waals surface area contributed by atoms with Gasteiger partial charge in [0, 0.05) is 34.6 Å². The zero-order valence-electron chi connectivity index (χ0n) is 14.1. The first-order chi connectivity index (χ1) is 12.5. The number of benzene rings is 2. The number of aromatic nitrogens is 2. The Labute approximate surface area is 167 Å². The Morgan fingerprint density at radius 1 is 1.04 bits per heavy atom. The largest absolute Gasteiger partial charge is 0.301 e. The summed E-state index contributed by atoms with van der Waals surface area (Å²) in [5.74, 6) is 0.199. The average molecular weight is 405 g/mol. The van der Waals surface area contributed by atoms with E-state index in [9.17, 15) is 0 Å². The predicted octanol–water partition coefficient (Wildman–Crippen LogP) is 5.68. The molecule has 0 fully saturated rings. The van der Waals surface area contributed by atoms with Crippen LogP contribution in [-0.4, -0.2) is 28.7 Å². The number of likely N-dealkylation sites (N-methyl/N-ethyl adjacent to an activating group) is 1. The van der Waals surface area contributed by atoms with Crippen molar-refractivity contribution in [1.29, 1.82) is 0 Å². The van der Waals surface area contributed by atoms with Crippen molar-refractivity contribution in [2.75, 3.05) is 13.6 Å². The van der Waals surface area contributed by atoms with E-state index in [-0.39, 0.29) is 5.92 Å². The molecule has 0 spiro atoms. The number of fused-ring (bicyclic) bond motifs is 1. The Bertz CT molecular complexity index is 974. The fourth-order valence-electron chi connectivity index (χ4n) is 3.56. The molecule has 6 heteroatoms. The second-order valence-corrected chi connectivity index (χ2v) is 7.83. The Morgan fingerprint density at radius 3 is 2.69 bits per heavy atom. The zero-order valence-corrected chi connectivity index (χ0v) is 16.4. The molecule has 2 heterocycles. The highest BCUT2D eigenvalue weighted by molar-refractivity contribution is 6.35. The lowest BCUT2D eigenvalue weighted by Crippen LogP contribution is -2.31. The van der Waals surface area contributed by atoms with E-state index in [1.807, 2.05) is 18.2 Å². The molecule has 1 aliphatic heterocycles. The Hall–Kier alpha value is -1.65. The van der Waals surface area contributed by atoms with Crippen LogP contribution in [0.5, 0.6) is 0 Å². The molecule has 0 saturated carbocycles. The maximum atomic E-state index is 6.47. The molecule has 0 aliphatic carbocycles. The van der Waals surface area contributed by atoms with Gasteiger partial charge in [0.1, 0.15) is 0 Å². The molecular formula is C20H16Cl3N3. The Kier molecular flexibility index (Phi) is 4.89. The fraction of sp³-hybridized carbons (Fsp3) is 0.200. The molecule has 0 bridgehead atoms. The van der Waals surface area contributed by atoms with E-state index in [2.05, 4.69) is 46.4 Å². The lowest BCUT2D eigenvalue weighted by atomic mass is 9.84. The van der Waals surface area contributed by atoms with Gasteiger partial charge in [-0.2, -0.15) is 5.10 Å². The fourth-order valence-corrected chi connectivity index (χ4v) is 4.29. The van der Waals surface area contributed by atoms with Crippen LogP contribution in [0.4, 0.5) is 0 Å². The number of hydrogen-bond acceptors (Lipinski definition) is 3. The molecule has 0 saturated heterocycles. The van der Waals surface area contributed by atoms with Crippen molar-refractivity contribution in [3.8, 4) is 11.1 Å². The van der Waals surface area contributed by atoms with Gasteiger partial charge in [0.25, 0.3) is 0 Å². The van der Waals surface area contributed by atoms with E-state index in [1.165, 1.54) is 11.1 Å². The SMILES string of the molecule is CN1Cc2c(Cl)cc(Cl)cc2[C@H](c2cccc(-c3cnnc(Cl)c3)c2)C1. The number of halogens is 3. The van der Waals surface area contributed by atoms with Gasteiger partial charge in [-0.15, -0.1) is 5.10 Å². The monoisotopic (exact) mass is 403 g/mol. The molecular weight excluding hydrogens is 389 g/mol. The molecule has 132 valence electrons. The lowest BCUT2D eigenvalue weighted by molar-refractivity contribution is 0.295. The molecule has 3 aromatic rings. The van der Waals surface area contributed by atoms with Crippen LogP contribution in [0.3, 0.4) is 0 Å². The summed E-state index contributed by atoms with van der Waals surface area (Å²) in [5.41, 5.74) is 5.56. The zero-order chi connectivity index (χ0) is 18.3. The van der Waals surface area contributed by atoms with Crippen molar-refractivity contribution < 1.29 is 0 Å². The van der Waals surface area contributed by atoms with Crippen LogP contribution in [0.25, 0.3) is 11.1 Å². The quantitative estimate of drug-likeness (QED) is 0.550. The number of nitrogens with zero attached hydrogens (tertiary/aromatic N) is 3. The topological polar surface area (TPSA) is 29.0 Å². The van der Waals surface area contributed by atoms with E-state index in [4.69, 9.17) is 34.8 Å². The lowest BCUT2D eigenvalue weighted by Gasteiger charge is -2.33. The second kappa shape index (κ2) is 7.16. The van der Waals surface area contributed by atoms with Crippen LogP contribution in [0.2, 0.25) is 15.2 Å². The van der Waals surface area contributed by atoms with E-state index >= 15 is 0 Å². The summed E-state index contributed by atoms with van der Waals surface area (Å²) < 4.78 is 0. The molecule has 0 amide bonds. The van der Waals surface area contributed by atoms with Gasteiger partial charge >= 0.3 is 0 Å². The number of rotatable bonds is 2. The molecule has 0 N–H and O–H groups in total. The summed E-state index contributed by atoms with van der Waals surface area (Å²) in [4.78, 5) is 2.28. The standard InChI is InChI=1S/C20H16Cl3N3/c1-26-10-17(16-7-15(21)8-19(22)18(16)11-26)13-4-2-3-12(5-13)14-6-20(23)25-24-9-14/h2-9,17H,10-11H2,1H3/t17-/m0/s1. The number of hydrogen-bond donors (Lipinski definition) is 0. The highest BCUT2D eigenvalue weighted by Gasteiger charge is 2.27. The molecule has 3 nitrogen and oxygen atoms in total. The van der Waals surface area contributed by atoms with E-state index in [0.29, 0.717) is 10.2 Å². The summed E-state index contributed by atoms with van der Waals surface area (Å²) in [6.07, 6.45) is 1.72. The first-order valence-corrected chi connectivity index (χ1v) is 9.39.